The van der Waals surface area contributed by atoms with Crippen molar-refractivity contribution in [2.75, 3.05) is 0 Å². The first-order valence-electron chi connectivity index (χ1n) is 7.16. The van der Waals surface area contributed by atoms with E-state index in [-0.39, 0.29) is 0 Å². The number of hydrogen-bond donors (Lipinski definition) is 0. The maximum atomic E-state index is 5.71. The van der Waals surface area contributed by atoms with Gasteiger partial charge in [0.15, 0.2) is 5.58 Å². The Morgan fingerprint density at radius 2 is 1.91 bits per heavy atom. The molecule has 0 radical (unpaired) electrons. The fraction of sp³-hybridized carbons (Fsp3) is 0.118. The van der Waals surface area contributed by atoms with E-state index in [1.165, 1.54) is 11.8 Å². The van der Waals surface area contributed by atoms with Gasteiger partial charge in [-0.2, -0.15) is 0 Å². The highest BCUT2D eigenvalue weighted by molar-refractivity contribution is 7.98. The zero-order valence-corrected chi connectivity index (χ0v) is 13.2. The molecule has 0 spiro atoms. The number of nitrogens with zero attached hydrogens (tertiary/aromatic N) is 3. The second-order valence-corrected chi connectivity index (χ2v) is 6.03. The van der Waals surface area contributed by atoms with Crippen LogP contribution in [0.25, 0.3) is 22.6 Å². The fourth-order valence-electron chi connectivity index (χ4n) is 2.24. The number of aryl methyl sites for hydroxylation is 1. The quantitative estimate of drug-likeness (QED) is 0.516. The van der Waals surface area contributed by atoms with E-state index in [0.717, 1.165) is 22.2 Å². The van der Waals surface area contributed by atoms with Gasteiger partial charge in [0.05, 0.1) is 5.75 Å². The van der Waals surface area contributed by atoms with Crippen LogP contribution < -0.4 is 0 Å². The van der Waals surface area contributed by atoms with E-state index in [0.29, 0.717) is 22.8 Å². The topological polar surface area (TPSA) is 65.0 Å². The lowest BCUT2D eigenvalue weighted by Gasteiger charge is -1.96. The third-order valence-electron chi connectivity index (χ3n) is 3.33. The first kappa shape index (κ1) is 14.0. The normalized spacial score (nSPS) is 11.2. The Balaban J connectivity index is 1.49. The van der Waals surface area contributed by atoms with Crippen molar-refractivity contribution in [2.24, 2.45) is 0 Å². The molecular weight excluding hydrogens is 310 g/mol. The molecule has 2 heterocycles. The van der Waals surface area contributed by atoms with Crippen LogP contribution in [-0.4, -0.2) is 15.2 Å². The van der Waals surface area contributed by atoms with Gasteiger partial charge in [-0.05, 0) is 31.2 Å². The molecule has 0 aliphatic heterocycles. The maximum Gasteiger partial charge on any atom is 0.257 e. The molecule has 0 aliphatic carbocycles. The van der Waals surface area contributed by atoms with Gasteiger partial charge in [-0.3, -0.25) is 0 Å². The average molecular weight is 323 g/mol. The van der Waals surface area contributed by atoms with Crippen LogP contribution >= 0.6 is 11.8 Å². The molecule has 0 amide bonds. The van der Waals surface area contributed by atoms with Gasteiger partial charge < -0.3 is 8.83 Å². The Morgan fingerprint density at radius 1 is 1.00 bits per heavy atom. The van der Waals surface area contributed by atoms with E-state index in [9.17, 15) is 0 Å². The number of thioether (sulfide) groups is 1. The predicted octanol–water partition coefficient (Wildman–Crippen LogP) is 4.48. The molecule has 0 N–H and O–H groups in total. The summed E-state index contributed by atoms with van der Waals surface area (Å²) in [6.07, 6.45) is 0. The molecule has 2 aromatic heterocycles. The largest absolute Gasteiger partial charge is 0.431 e. The van der Waals surface area contributed by atoms with Gasteiger partial charge in [-0.15, -0.1) is 10.2 Å². The number of benzene rings is 2. The van der Waals surface area contributed by atoms with Crippen molar-refractivity contribution in [2.45, 2.75) is 17.9 Å². The molecule has 0 fully saturated rings. The first-order chi connectivity index (χ1) is 11.3. The number of fused-ring (bicyclic) bond motifs is 1. The SMILES string of the molecule is Cc1cccc(-c2nnc(CSc3nc4ccccc4o3)o2)c1. The molecule has 4 aromatic rings. The van der Waals surface area contributed by atoms with E-state index in [1.54, 1.807) is 0 Å². The lowest BCUT2D eigenvalue weighted by molar-refractivity contribution is 0.486. The maximum absolute atomic E-state index is 5.71. The van der Waals surface area contributed by atoms with Gasteiger partial charge in [-0.1, -0.05) is 41.6 Å². The smallest absolute Gasteiger partial charge is 0.257 e. The van der Waals surface area contributed by atoms with Gasteiger partial charge in [0.1, 0.15) is 5.52 Å². The van der Waals surface area contributed by atoms with Gasteiger partial charge >= 0.3 is 0 Å². The Labute approximate surface area is 136 Å². The fourth-order valence-corrected chi connectivity index (χ4v) is 2.92. The van der Waals surface area contributed by atoms with Gasteiger partial charge in [0.2, 0.25) is 11.8 Å². The molecule has 0 bridgehead atoms. The molecule has 6 heteroatoms. The van der Waals surface area contributed by atoms with Crippen LogP contribution in [0.2, 0.25) is 0 Å². The summed E-state index contributed by atoms with van der Waals surface area (Å²) in [5.41, 5.74) is 3.71. The van der Waals surface area contributed by atoms with Crippen LogP contribution in [0.5, 0.6) is 0 Å². The standard InChI is InChI=1S/C17H13N3O2S/c1-11-5-4-6-12(9-11)16-20-19-15(22-16)10-23-17-18-13-7-2-3-8-14(13)21-17/h2-9H,10H2,1H3. The van der Waals surface area contributed by atoms with Crippen LogP contribution in [-0.2, 0) is 5.75 Å². The highest BCUT2D eigenvalue weighted by Crippen LogP contribution is 2.27. The Bertz CT molecular complexity index is 928. The van der Waals surface area contributed by atoms with Crippen molar-refractivity contribution in [3.8, 4) is 11.5 Å². The van der Waals surface area contributed by atoms with Gasteiger partial charge in [0.25, 0.3) is 5.22 Å². The van der Waals surface area contributed by atoms with Crippen LogP contribution in [0.15, 0.2) is 62.6 Å². The van der Waals surface area contributed by atoms with Crippen molar-refractivity contribution in [1.82, 2.24) is 15.2 Å². The van der Waals surface area contributed by atoms with Crippen molar-refractivity contribution >= 4 is 22.9 Å². The lowest BCUT2D eigenvalue weighted by atomic mass is 10.1. The summed E-state index contributed by atoms with van der Waals surface area (Å²) in [5, 5.41) is 8.78. The molecular formula is C17H13N3O2S. The monoisotopic (exact) mass is 323 g/mol. The molecule has 5 nitrogen and oxygen atoms in total. The van der Waals surface area contributed by atoms with Crippen LogP contribution in [0, 0.1) is 6.92 Å². The van der Waals surface area contributed by atoms with Crippen molar-refractivity contribution in [1.29, 1.82) is 0 Å². The molecule has 114 valence electrons. The number of para-hydroxylation sites is 2. The molecule has 0 saturated carbocycles. The summed E-state index contributed by atoms with van der Waals surface area (Å²) in [6.45, 7) is 2.03. The number of hydrogen-bond acceptors (Lipinski definition) is 6. The minimum Gasteiger partial charge on any atom is -0.431 e. The third kappa shape index (κ3) is 2.98. The highest BCUT2D eigenvalue weighted by atomic mass is 32.2. The second-order valence-electron chi connectivity index (χ2n) is 5.11. The predicted molar refractivity (Wildman–Crippen MR) is 88.0 cm³/mol. The molecule has 0 unspecified atom stereocenters. The van der Waals surface area contributed by atoms with E-state index >= 15 is 0 Å². The van der Waals surface area contributed by atoms with E-state index in [4.69, 9.17) is 8.83 Å². The molecule has 23 heavy (non-hydrogen) atoms. The van der Waals surface area contributed by atoms with E-state index in [1.807, 2.05) is 55.5 Å². The average Bonchev–Trinajstić information content (AvgIpc) is 3.19. The van der Waals surface area contributed by atoms with E-state index < -0.39 is 0 Å². The molecule has 2 aromatic carbocycles. The molecule has 0 atom stereocenters. The van der Waals surface area contributed by atoms with Crippen molar-refractivity contribution in [3.05, 3.63) is 60.0 Å². The summed E-state index contributed by atoms with van der Waals surface area (Å²) >= 11 is 1.44. The summed E-state index contributed by atoms with van der Waals surface area (Å²) < 4.78 is 11.4. The van der Waals surface area contributed by atoms with Crippen molar-refractivity contribution in [3.63, 3.8) is 0 Å². The minimum absolute atomic E-state index is 0.519. The van der Waals surface area contributed by atoms with Crippen LogP contribution in [0.4, 0.5) is 0 Å². The van der Waals surface area contributed by atoms with Gasteiger partial charge in [0, 0.05) is 5.56 Å². The summed E-state index contributed by atoms with van der Waals surface area (Å²) in [5.74, 6) is 1.60. The van der Waals surface area contributed by atoms with Gasteiger partial charge in [-0.25, -0.2) is 4.98 Å². The zero-order chi connectivity index (χ0) is 15.6. The zero-order valence-electron chi connectivity index (χ0n) is 12.4. The third-order valence-corrected chi connectivity index (χ3v) is 4.14. The second kappa shape index (κ2) is 5.89. The highest BCUT2D eigenvalue weighted by Gasteiger charge is 2.11. The number of aromatic nitrogens is 3. The Morgan fingerprint density at radius 3 is 2.78 bits per heavy atom. The summed E-state index contributed by atoms with van der Waals surface area (Å²) in [7, 11) is 0. The van der Waals surface area contributed by atoms with Crippen molar-refractivity contribution < 1.29 is 8.83 Å². The van der Waals surface area contributed by atoms with Crippen LogP contribution in [0.1, 0.15) is 11.5 Å². The molecule has 0 saturated heterocycles. The number of oxazole rings is 1. The van der Waals surface area contributed by atoms with Crippen LogP contribution in [0.3, 0.4) is 0 Å². The molecule has 0 aliphatic rings. The minimum atomic E-state index is 0.519. The Kier molecular flexibility index (Phi) is 3.59. The lowest BCUT2D eigenvalue weighted by Crippen LogP contribution is -1.80. The number of rotatable bonds is 4. The summed E-state index contributed by atoms with van der Waals surface area (Å²) in [6, 6.07) is 15.7. The molecule has 4 rings (SSSR count). The summed E-state index contributed by atoms with van der Waals surface area (Å²) in [4.78, 5) is 4.41. The van der Waals surface area contributed by atoms with E-state index in [2.05, 4.69) is 15.2 Å². The first-order valence-corrected chi connectivity index (χ1v) is 8.14. The Hall–Kier alpha value is -2.60.